The van der Waals surface area contributed by atoms with Crippen molar-refractivity contribution in [2.45, 2.75) is 32.0 Å². The molecule has 8 heteroatoms. The number of Topliss-reactive ketones (excluding diaryl/α,β-unsaturated/α-hetero) is 1. The predicted octanol–water partition coefficient (Wildman–Crippen LogP) is 3.88. The van der Waals surface area contributed by atoms with E-state index in [-0.39, 0.29) is 17.4 Å². The highest BCUT2D eigenvalue weighted by atomic mass is 32.2. The molecule has 0 radical (unpaired) electrons. The number of benzene rings is 1. The molecule has 0 unspecified atom stereocenters. The maximum absolute atomic E-state index is 12.3. The van der Waals surface area contributed by atoms with Crippen LogP contribution in [0.3, 0.4) is 0 Å². The van der Waals surface area contributed by atoms with Crippen LogP contribution in [0.5, 0.6) is 0 Å². The quantitative estimate of drug-likeness (QED) is 0.459. The molecule has 0 aliphatic carbocycles. The molecule has 1 amide bonds. The van der Waals surface area contributed by atoms with E-state index in [0.717, 1.165) is 23.9 Å². The molecule has 0 saturated heterocycles. The third kappa shape index (κ3) is 5.05. The first kappa shape index (κ1) is 19.3. The number of hydrogen-bond acceptors (Lipinski definition) is 6. The zero-order chi connectivity index (χ0) is 19.2. The summed E-state index contributed by atoms with van der Waals surface area (Å²) in [6.45, 7) is 4.29. The van der Waals surface area contributed by atoms with Gasteiger partial charge in [-0.2, -0.15) is 0 Å². The molecule has 0 bridgehead atoms. The van der Waals surface area contributed by atoms with Gasteiger partial charge in [-0.15, -0.1) is 21.5 Å². The van der Waals surface area contributed by atoms with Crippen LogP contribution in [0.25, 0.3) is 0 Å². The monoisotopic (exact) mass is 400 g/mol. The summed E-state index contributed by atoms with van der Waals surface area (Å²) >= 11 is 3.05. The van der Waals surface area contributed by atoms with Crippen molar-refractivity contribution in [3.63, 3.8) is 0 Å². The van der Waals surface area contributed by atoms with E-state index in [1.165, 1.54) is 23.6 Å². The summed E-state index contributed by atoms with van der Waals surface area (Å²) in [6, 6.07) is 11.0. The fourth-order valence-corrected chi connectivity index (χ4v) is 4.11. The molecular formula is C19H20N4O2S2. The highest BCUT2D eigenvalue weighted by Gasteiger charge is 2.14. The Hall–Kier alpha value is -2.45. The first-order chi connectivity index (χ1) is 13.1. The first-order valence-corrected chi connectivity index (χ1v) is 10.4. The lowest BCUT2D eigenvalue weighted by molar-refractivity contribution is -0.113. The van der Waals surface area contributed by atoms with Crippen molar-refractivity contribution < 1.29 is 9.59 Å². The van der Waals surface area contributed by atoms with Crippen molar-refractivity contribution >= 4 is 40.5 Å². The Labute approximate surface area is 166 Å². The normalized spacial score (nSPS) is 10.7. The number of rotatable bonds is 8. The highest BCUT2D eigenvalue weighted by molar-refractivity contribution is 7.99. The summed E-state index contributed by atoms with van der Waals surface area (Å²) in [5.41, 5.74) is 1.19. The lowest BCUT2D eigenvalue weighted by Gasteiger charge is -2.08. The maximum atomic E-state index is 12.3. The van der Waals surface area contributed by atoms with E-state index in [9.17, 15) is 9.59 Å². The van der Waals surface area contributed by atoms with E-state index in [2.05, 4.69) is 21.6 Å². The van der Waals surface area contributed by atoms with Crippen molar-refractivity contribution in [3.8, 4) is 0 Å². The van der Waals surface area contributed by atoms with E-state index in [4.69, 9.17) is 0 Å². The van der Waals surface area contributed by atoms with Crippen LogP contribution >= 0.6 is 23.1 Å². The summed E-state index contributed by atoms with van der Waals surface area (Å²) in [6.07, 6.45) is 0.739. The van der Waals surface area contributed by atoms with Crippen molar-refractivity contribution in [1.29, 1.82) is 0 Å². The van der Waals surface area contributed by atoms with Crippen LogP contribution < -0.4 is 5.32 Å². The second kappa shape index (κ2) is 8.96. The SMILES string of the molecule is CCn1c(Cc2cccs2)nnc1SCC(=O)Nc1cccc(C(C)=O)c1. The van der Waals surface area contributed by atoms with Crippen molar-refractivity contribution in [1.82, 2.24) is 14.8 Å². The number of nitrogens with one attached hydrogen (secondary N) is 1. The van der Waals surface area contributed by atoms with E-state index >= 15 is 0 Å². The molecule has 6 nitrogen and oxygen atoms in total. The summed E-state index contributed by atoms with van der Waals surface area (Å²) in [5, 5.41) is 14.1. The Bertz CT molecular complexity index is 935. The Balaban J connectivity index is 1.61. The Kier molecular flexibility index (Phi) is 6.41. The highest BCUT2D eigenvalue weighted by Crippen LogP contribution is 2.21. The fourth-order valence-electron chi connectivity index (χ4n) is 2.59. The molecule has 0 aliphatic heterocycles. The molecule has 1 aromatic carbocycles. The van der Waals surface area contributed by atoms with Crippen LogP contribution in [0.1, 0.15) is 34.9 Å². The van der Waals surface area contributed by atoms with Gasteiger partial charge in [-0.05, 0) is 37.4 Å². The Morgan fingerprint density at radius 2 is 2.07 bits per heavy atom. The molecule has 0 saturated carbocycles. The number of hydrogen-bond donors (Lipinski definition) is 1. The van der Waals surface area contributed by atoms with E-state index in [0.29, 0.717) is 11.3 Å². The lowest BCUT2D eigenvalue weighted by atomic mass is 10.1. The third-order valence-corrected chi connectivity index (χ3v) is 5.75. The predicted molar refractivity (Wildman–Crippen MR) is 109 cm³/mol. The van der Waals surface area contributed by atoms with Gasteiger partial charge in [0.05, 0.1) is 5.75 Å². The number of ketones is 1. The van der Waals surface area contributed by atoms with Gasteiger partial charge >= 0.3 is 0 Å². The second-order valence-electron chi connectivity index (χ2n) is 5.87. The summed E-state index contributed by atoms with van der Waals surface area (Å²) in [4.78, 5) is 24.9. The molecule has 0 fully saturated rings. The molecule has 3 rings (SSSR count). The molecule has 1 N–H and O–H groups in total. The van der Waals surface area contributed by atoms with E-state index in [1.807, 2.05) is 22.9 Å². The minimum absolute atomic E-state index is 0.0326. The zero-order valence-corrected chi connectivity index (χ0v) is 16.8. The molecule has 3 aromatic rings. The van der Waals surface area contributed by atoms with E-state index in [1.54, 1.807) is 35.6 Å². The largest absolute Gasteiger partial charge is 0.325 e. The molecule has 0 atom stereocenters. The van der Waals surface area contributed by atoms with Crippen LogP contribution in [0.2, 0.25) is 0 Å². The van der Waals surface area contributed by atoms with Crippen LogP contribution in [-0.2, 0) is 17.8 Å². The van der Waals surface area contributed by atoms with Gasteiger partial charge in [-0.3, -0.25) is 9.59 Å². The number of anilines is 1. The van der Waals surface area contributed by atoms with Gasteiger partial charge < -0.3 is 9.88 Å². The zero-order valence-electron chi connectivity index (χ0n) is 15.1. The van der Waals surface area contributed by atoms with Gasteiger partial charge in [-0.1, -0.05) is 30.0 Å². The van der Waals surface area contributed by atoms with Crippen molar-refractivity contribution in [2.75, 3.05) is 11.1 Å². The number of thioether (sulfide) groups is 1. The van der Waals surface area contributed by atoms with Crippen molar-refractivity contribution in [3.05, 3.63) is 58.0 Å². The molecule has 0 aliphatic rings. The summed E-state index contributed by atoms with van der Waals surface area (Å²) in [7, 11) is 0. The Morgan fingerprint density at radius 3 is 2.78 bits per heavy atom. The van der Waals surface area contributed by atoms with E-state index < -0.39 is 0 Å². The van der Waals surface area contributed by atoms with Crippen molar-refractivity contribution in [2.24, 2.45) is 0 Å². The number of amides is 1. The number of carbonyl (C=O) groups excluding carboxylic acids is 2. The third-order valence-electron chi connectivity index (χ3n) is 3.91. The van der Waals surface area contributed by atoms with Gasteiger partial charge in [0.25, 0.3) is 0 Å². The molecule has 140 valence electrons. The van der Waals surface area contributed by atoms with Crippen LogP contribution in [0.4, 0.5) is 5.69 Å². The Morgan fingerprint density at radius 1 is 1.22 bits per heavy atom. The fraction of sp³-hybridized carbons (Fsp3) is 0.263. The average Bonchev–Trinajstić information content (AvgIpc) is 3.30. The van der Waals surface area contributed by atoms with Gasteiger partial charge in [0, 0.05) is 29.1 Å². The topological polar surface area (TPSA) is 76.9 Å². The molecule has 27 heavy (non-hydrogen) atoms. The number of carbonyl (C=O) groups is 2. The van der Waals surface area contributed by atoms with Gasteiger partial charge in [-0.25, -0.2) is 0 Å². The smallest absolute Gasteiger partial charge is 0.234 e. The number of aromatic nitrogens is 3. The lowest BCUT2D eigenvalue weighted by Crippen LogP contribution is -2.15. The summed E-state index contributed by atoms with van der Waals surface area (Å²) < 4.78 is 2.04. The van der Waals surface area contributed by atoms with Gasteiger partial charge in [0.2, 0.25) is 5.91 Å². The van der Waals surface area contributed by atoms with Gasteiger partial charge in [0.15, 0.2) is 10.9 Å². The van der Waals surface area contributed by atoms with Crippen LogP contribution in [0, 0.1) is 0 Å². The molecular weight excluding hydrogens is 380 g/mol. The molecule has 0 spiro atoms. The first-order valence-electron chi connectivity index (χ1n) is 8.55. The molecule has 2 aromatic heterocycles. The summed E-state index contributed by atoms with van der Waals surface area (Å²) in [5.74, 6) is 0.944. The van der Waals surface area contributed by atoms with Crippen LogP contribution in [-0.4, -0.2) is 32.2 Å². The minimum atomic E-state index is -0.147. The second-order valence-corrected chi connectivity index (χ2v) is 7.85. The average molecular weight is 401 g/mol. The minimum Gasteiger partial charge on any atom is -0.325 e. The standard InChI is InChI=1S/C19H20N4O2S2/c1-3-23-17(11-16-8-5-9-26-16)21-22-19(23)27-12-18(25)20-15-7-4-6-14(10-15)13(2)24/h4-10H,3,11-12H2,1-2H3,(H,20,25). The number of thiophene rings is 1. The molecule has 2 heterocycles. The maximum Gasteiger partial charge on any atom is 0.234 e. The van der Waals surface area contributed by atoms with Gasteiger partial charge in [0.1, 0.15) is 5.82 Å². The number of nitrogens with zero attached hydrogens (tertiary/aromatic N) is 3. The van der Waals surface area contributed by atoms with Crippen LogP contribution in [0.15, 0.2) is 46.9 Å².